The summed E-state index contributed by atoms with van der Waals surface area (Å²) in [4.78, 5) is 23.8. The Morgan fingerprint density at radius 1 is 1.19 bits per heavy atom. The monoisotopic (exact) mass is 437 g/mol. The topological polar surface area (TPSA) is 87.4 Å². The van der Waals surface area contributed by atoms with Crippen molar-refractivity contribution in [3.8, 4) is 5.82 Å². The predicted octanol–water partition coefficient (Wildman–Crippen LogP) is 2.73. The fourth-order valence-electron chi connectivity index (χ4n) is 4.77. The van der Waals surface area contributed by atoms with Crippen molar-refractivity contribution in [2.75, 3.05) is 20.1 Å². The lowest BCUT2D eigenvalue weighted by atomic mass is 9.88. The zero-order valence-corrected chi connectivity index (χ0v) is 19.5. The van der Waals surface area contributed by atoms with Gasteiger partial charge in [-0.2, -0.15) is 5.10 Å². The molecular weight excluding hydrogens is 402 g/mol. The molecule has 2 aliphatic rings. The predicted molar refractivity (Wildman–Crippen MR) is 126 cm³/mol. The highest BCUT2D eigenvalue weighted by Crippen LogP contribution is 2.26. The fourth-order valence-corrected chi connectivity index (χ4v) is 4.77. The van der Waals surface area contributed by atoms with E-state index in [9.17, 15) is 4.79 Å². The Kier molecular flexibility index (Phi) is 7.07. The van der Waals surface area contributed by atoms with Crippen LogP contribution in [0.5, 0.6) is 0 Å². The maximum absolute atomic E-state index is 12.8. The Labute approximate surface area is 190 Å². The summed E-state index contributed by atoms with van der Waals surface area (Å²) in [5.41, 5.74) is 3.12. The molecule has 4 rings (SSSR count). The van der Waals surface area contributed by atoms with Gasteiger partial charge in [0.1, 0.15) is 0 Å². The lowest BCUT2D eigenvalue weighted by molar-refractivity contribution is -0.135. The Morgan fingerprint density at radius 3 is 2.66 bits per heavy atom. The molecule has 172 valence electrons. The lowest BCUT2D eigenvalue weighted by Gasteiger charge is -2.26. The van der Waals surface area contributed by atoms with E-state index in [1.165, 1.54) is 19.3 Å². The van der Waals surface area contributed by atoms with Gasteiger partial charge >= 0.3 is 0 Å². The van der Waals surface area contributed by atoms with Crippen molar-refractivity contribution in [2.24, 2.45) is 10.9 Å². The van der Waals surface area contributed by atoms with Crippen molar-refractivity contribution < 1.29 is 4.79 Å². The Hall–Kier alpha value is -2.90. The number of hydrogen-bond acceptors (Lipinski definition) is 4. The van der Waals surface area contributed by atoms with Crippen molar-refractivity contribution >= 4 is 11.9 Å². The van der Waals surface area contributed by atoms with E-state index in [-0.39, 0.29) is 12.0 Å². The van der Waals surface area contributed by atoms with Gasteiger partial charge in [-0.15, -0.1) is 0 Å². The summed E-state index contributed by atoms with van der Waals surface area (Å²) < 4.78 is 1.85. The number of likely N-dealkylation sites (tertiary alicyclic amines) is 1. The maximum atomic E-state index is 12.8. The number of nitrogens with one attached hydrogen (secondary N) is 2. The first-order chi connectivity index (χ1) is 15.5. The number of hydrogen-bond donors (Lipinski definition) is 2. The molecule has 3 heterocycles. The number of aromatic nitrogens is 3. The zero-order valence-electron chi connectivity index (χ0n) is 19.5. The maximum Gasteiger partial charge on any atom is 0.225 e. The SMILES string of the molecule is CN=C(NCc1ccc(-n2nc(C)cc2C)nc1)NC1CCN(C(=O)C2CCCCC2)C1. The van der Waals surface area contributed by atoms with Gasteiger partial charge < -0.3 is 15.5 Å². The van der Waals surface area contributed by atoms with Gasteiger partial charge in [-0.3, -0.25) is 9.79 Å². The molecule has 1 unspecified atom stereocenters. The number of aryl methyl sites for hydroxylation is 2. The van der Waals surface area contributed by atoms with Gasteiger partial charge in [0.2, 0.25) is 5.91 Å². The van der Waals surface area contributed by atoms with E-state index in [0.29, 0.717) is 12.5 Å². The molecule has 1 amide bonds. The number of guanidine groups is 1. The van der Waals surface area contributed by atoms with E-state index in [2.05, 4.69) is 31.8 Å². The molecule has 1 atom stereocenters. The van der Waals surface area contributed by atoms with E-state index in [0.717, 1.165) is 61.1 Å². The van der Waals surface area contributed by atoms with Gasteiger partial charge in [0, 0.05) is 50.5 Å². The van der Waals surface area contributed by atoms with Crippen LogP contribution in [0.15, 0.2) is 29.4 Å². The Bertz CT molecular complexity index is 944. The molecule has 0 aromatic carbocycles. The fraction of sp³-hybridized carbons (Fsp3) is 0.583. The number of rotatable bonds is 5. The zero-order chi connectivity index (χ0) is 22.5. The van der Waals surface area contributed by atoms with Gasteiger partial charge in [-0.1, -0.05) is 25.3 Å². The molecule has 1 saturated heterocycles. The van der Waals surface area contributed by atoms with Crippen LogP contribution in [0.25, 0.3) is 5.82 Å². The first-order valence-electron chi connectivity index (χ1n) is 11.8. The number of carbonyl (C=O) groups excluding carboxylic acids is 1. The summed E-state index contributed by atoms with van der Waals surface area (Å²) in [5, 5.41) is 11.3. The van der Waals surface area contributed by atoms with Gasteiger partial charge in [-0.05, 0) is 50.8 Å². The normalized spacial score (nSPS) is 19.9. The molecule has 2 N–H and O–H groups in total. The first-order valence-corrected chi connectivity index (χ1v) is 11.8. The molecule has 0 radical (unpaired) electrons. The minimum atomic E-state index is 0.236. The number of amides is 1. The average molecular weight is 438 g/mol. The minimum Gasteiger partial charge on any atom is -0.352 e. The Morgan fingerprint density at radius 2 is 2.00 bits per heavy atom. The van der Waals surface area contributed by atoms with Gasteiger partial charge in [0.25, 0.3) is 0 Å². The van der Waals surface area contributed by atoms with Gasteiger partial charge in [0.05, 0.1) is 5.69 Å². The highest BCUT2D eigenvalue weighted by Gasteiger charge is 2.31. The highest BCUT2D eigenvalue weighted by atomic mass is 16.2. The number of carbonyl (C=O) groups is 1. The Balaban J connectivity index is 1.26. The molecular formula is C24H35N7O. The van der Waals surface area contributed by atoms with Crippen LogP contribution in [0.4, 0.5) is 0 Å². The summed E-state index contributed by atoms with van der Waals surface area (Å²) in [5.74, 6) is 2.16. The average Bonchev–Trinajstić information content (AvgIpc) is 3.42. The highest BCUT2D eigenvalue weighted by molar-refractivity contribution is 5.81. The van der Waals surface area contributed by atoms with Crippen molar-refractivity contribution in [3.63, 3.8) is 0 Å². The summed E-state index contributed by atoms with van der Waals surface area (Å²) in [6.45, 7) is 6.23. The van der Waals surface area contributed by atoms with Crippen LogP contribution in [0.1, 0.15) is 55.5 Å². The second-order valence-corrected chi connectivity index (χ2v) is 9.04. The van der Waals surface area contributed by atoms with E-state index in [4.69, 9.17) is 0 Å². The minimum absolute atomic E-state index is 0.236. The molecule has 1 saturated carbocycles. The first kappa shape index (κ1) is 22.3. The van der Waals surface area contributed by atoms with Crippen molar-refractivity contribution in [1.29, 1.82) is 0 Å². The van der Waals surface area contributed by atoms with Crippen LogP contribution in [0.2, 0.25) is 0 Å². The summed E-state index contributed by atoms with van der Waals surface area (Å²) in [7, 11) is 1.78. The van der Waals surface area contributed by atoms with Crippen molar-refractivity contribution in [1.82, 2.24) is 30.3 Å². The molecule has 2 aromatic heterocycles. The third-order valence-electron chi connectivity index (χ3n) is 6.51. The van der Waals surface area contributed by atoms with Gasteiger partial charge in [-0.25, -0.2) is 9.67 Å². The molecule has 1 aliphatic heterocycles. The van der Waals surface area contributed by atoms with Gasteiger partial charge in [0.15, 0.2) is 11.8 Å². The van der Waals surface area contributed by atoms with E-state index in [1.807, 2.05) is 41.8 Å². The van der Waals surface area contributed by atoms with Crippen molar-refractivity contribution in [2.45, 2.75) is 65.0 Å². The quantitative estimate of drug-likeness (QED) is 0.555. The molecule has 8 nitrogen and oxygen atoms in total. The molecule has 1 aliphatic carbocycles. The summed E-state index contributed by atoms with van der Waals surface area (Å²) in [6.07, 6.45) is 8.60. The van der Waals surface area contributed by atoms with E-state index in [1.54, 1.807) is 7.05 Å². The van der Waals surface area contributed by atoms with Crippen LogP contribution < -0.4 is 10.6 Å². The second-order valence-electron chi connectivity index (χ2n) is 9.04. The smallest absolute Gasteiger partial charge is 0.225 e. The third kappa shape index (κ3) is 5.29. The lowest BCUT2D eigenvalue weighted by Crippen LogP contribution is -2.45. The summed E-state index contributed by atoms with van der Waals surface area (Å²) in [6, 6.07) is 6.32. The molecule has 32 heavy (non-hydrogen) atoms. The van der Waals surface area contributed by atoms with E-state index < -0.39 is 0 Å². The van der Waals surface area contributed by atoms with Crippen molar-refractivity contribution in [3.05, 3.63) is 41.3 Å². The molecule has 2 fully saturated rings. The van der Waals surface area contributed by atoms with Crippen LogP contribution in [0, 0.1) is 19.8 Å². The largest absolute Gasteiger partial charge is 0.352 e. The number of pyridine rings is 1. The summed E-state index contributed by atoms with van der Waals surface area (Å²) >= 11 is 0. The van der Waals surface area contributed by atoms with E-state index >= 15 is 0 Å². The van der Waals surface area contributed by atoms with Crippen LogP contribution >= 0.6 is 0 Å². The van der Waals surface area contributed by atoms with Crippen LogP contribution in [-0.4, -0.2) is 57.7 Å². The number of nitrogens with zero attached hydrogens (tertiary/aromatic N) is 5. The standard InChI is InChI=1S/C24H35N7O/c1-17-13-18(2)31(29-17)22-10-9-19(14-26-22)15-27-24(25-3)28-21-11-12-30(16-21)23(32)20-7-5-4-6-8-20/h9-10,13-14,20-21H,4-8,11-12,15-16H2,1-3H3,(H2,25,27,28). The molecule has 8 heteroatoms. The van der Waals surface area contributed by atoms with Crippen LogP contribution in [-0.2, 0) is 11.3 Å². The molecule has 2 aromatic rings. The number of aliphatic imine (C=N–C) groups is 1. The molecule has 0 bridgehead atoms. The third-order valence-corrected chi connectivity index (χ3v) is 6.51. The molecule has 0 spiro atoms. The second kappa shape index (κ2) is 10.1. The van der Waals surface area contributed by atoms with Crippen LogP contribution in [0.3, 0.4) is 0 Å².